The summed E-state index contributed by atoms with van der Waals surface area (Å²) in [7, 11) is 0. The number of aryl methyl sites for hydroxylation is 1. The van der Waals surface area contributed by atoms with Crippen LogP contribution in [0.15, 0.2) is 48.5 Å². The lowest BCUT2D eigenvalue weighted by Gasteiger charge is -2.18. The zero-order valence-electron chi connectivity index (χ0n) is 16.9. The lowest BCUT2D eigenvalue weighted by molar-refractivity contribution is -0.122. The Morgan fingerprint density at radius 3 is 2.69 bits per heavy atom. The molecule has 0 aliphatic carbocycles. The number of rotatable bonds is 8. The van der Waals surface area contributed by atoms with E-state index in [-0.39, 0.29) is 17.9 Å². The lowest BCUT2D eigenvalue weighted by atomic mass is 10.1. The van der Waals surface area contributed by atoms with E-state index in [4.69, 9.17) is 9.47 Å². The number of anilines is 1. The molecule has 2 N–H and O–H groups in total. The summed E-state index contributed by atoms with van der Waals surface area (Å²) in [5.41, 5.74) is 1.92. The molecule has 2 atom stereocenters. The van der Waals surface area contributed by atoms with Gasteiger partial charge in [0.15, 0.2) is 6.10 Å². The van der Waals surface area contributed by atoms with Gasteiger partial charge in [0.25, 0.3) is 11.8 Å². The third-order valence-corrected chi connectivity index (χ3v) is 4.97. The maximum Gasteiger partial charge on any atom is 0.265 e. The molecule has 2 aromatic rings. The molecule has 1 saturated heterocycles. The lowest BCUT2D eigenvalue weighted by Crippen LogP contribution is -2.34. The monoisotopic (exact) mass is 396 g/mol. The Morgan fingerprint density at radius 1 is 1.17 bits per heavy atom. The minimum atomic E-state index is -0.703. The predicted octanol–water partition coefficient (Wildman–Crippen LogP) is 3.56. The van der Waals surface area contributed by atoms with Gasteiger partial charge < -0.3 is 20.1 Å². The molecule has 29 heavy (non-hydrogen) atoms. The van der Waals surface area contributed by atoms with E-state index < -0.39 is 6.10 Å². The van der Waals surface area contributed by atoms with E-state index in [1.165, 1.54) is 0 Å². The van der Waals surface area contributed by atoms with Gasteiger partial charge in [-0.1, -0.05) is 37.3 Å². The standard InChI is InChI=1S/C23H28N2O4/c1-3-17-9-4-7-13-21(17)29-16(2)22(26)25-20-12-6-5-11-19(20)23(27)24-15-18-10-8-14-28-18/h4-7,9,11-13,16,18H,3,8,10,14-15H2,1-2H3,(H,24,27)(H,25,26)/t16-,18-/m0/s1. The summed E-state index contributed by atoms with van der Waals surface area (Å²) in [6.07, 6.45) is 2.15. The topological polar surface area (TPSA) is 76.7 Å². The van der Waals surface area contributed by atoms with Crippen LogP contribution in [0.4, 0.5) is 5.69 Å². The summed E-state index contributed by atoms with van der Waals surface area (Å²) >= 11 is 0. The quantitative estimate of drug-likeness (QED) is 0.715. The average Bonchev–Trinajstić information content (AvgIpc) is 3.26. The van der Waals surface area contributed by atoms with E-state index >= 15 is 0 Å². The minimum absolute atomic E-state index is 0.0627. The van der Waals surface area contributed by atoms with E-state index in [9.17, 15) is 9.59 Å². The van der Waals surface area contributed by atoms with E-state index in [1.807, 2.05) is 31.2 Å². The first kappa shape index (κ1) is 20.9. The van der Waals surface area contributed by atoms with Gasteiger partial charge in [-0.15, -0.1) is 0 Å². The van der Waals surface area contributed by atoms with Crippen molar-refractivity contribution in [1.29, 1.82) is 0 Å². The summed E-state index contributed by atoms with van der Waals surface area (Å²) in [6, 6.07) is 14.6. The summed E-state index contributed by atoms with van der Waals surface area (Å²) < 4.78 is 11.4. The molecule has 0 spiro atoms. The molecule has 2 aromatic carbocycles. The smallest absolute Gasteiger partial charge is 0.265 e. The number of carbonyl (C=O) groups excluding carboxylic acids is 2. The maximum absolute atomic E-state index is 12.7. The highest BCUT2D eigenvalue weighted by Crippen LogP contribution is 2.21. The van der Waals surface area contributed by atoms with Crippen LogP contribution in [0.3, 0.4) is 0 Å². The van der Waals surface area contributed by atoms with Crippen molar-refractivity contribution < 1.29 is 19.1 Å². The van der Waals surface area contributed by atoms with Crippen LogP contribution in [0, 0.1) is 0 Å². The number of amides is 2. The number of ether oxygens (including phenoxy) is 2. The second-order valence-corrected chi connectivity index (χ2v) is 7.10. The van der Waals surface area contributed by atoms with Crippen LogP contribution in [0.2, 0.25) is 0 Å². The fourth-order valence-electron chi connectivity index (χ4n) is 3.29. The van der Waals surface area contributed by atoms with Crippen molar-refractivity contribution in [1.82, 2.24) is 5.32 Å². The first-order chi connectivity index (χ1) is 14.1. The first-order valence-electron chi connectivity index (χ1n) is 10.1. The van der Waals surface area contributed by atoms with Crippen molar-refractivity contribution in [2.75, 3.05) is 18.5 Å². The average molecular weight is 396 g/mol. The Kier molecular flexibility index (Phi) is 7.25. The fourth-order valence-corrected chi connectivity index (χ4v) is 3.29. The molecule has 0 bridgehead atoms. The van der Waals surface area contributed by atoms with E-state index in [0.29, 0.717) is 23.5 Å². The Labute approximate surface area is 171 Å². The third kappa shape index (κ3) is 5.57. The summed E-state index contributed by atoms with van der Waals surface area (Å²) in [5, 5.41) is 5.71. The van der Waals surface area contributed by atoms with Crippen LogP contribution < -0.4 is 15.4 Å². The van der Waals surface area contributed by atoms with Crippen LogP contribution in [-0.2, 0) is 16.0 Å². The van der Waals surface area contributed by atoms with Crippen LogP contribution in [0.5, 0.6) is 5.75 Å². The zero-order chi connectivity index (χ0) is 20.6. The van der Waals surface area contributed by atoms with E-state index in [0.717, 1.165) is 31.4 Å². The van der Waals surface area contributed by atoms with Crippen molar-refractivity contribution in [3.63, 3.8) is 0 Å². The highest BCUT2D eigenvalue weighted by molar-refractivity contribution is 6.04. The molecule has 154 valence electrons. The van der Waals surface area contributed by atoms with Crippen molar-refractivity contribution in [2.24, 2.45) is 0 Å². The number of nitrogens with one attached hydrogen (secondary N) is 2. The Bertz CT molecular complexity index is 846. The molecule has 3 rings (SSSR count). The van der Waals surface area contributed by atoms with Gasteiger partial charge in [-0.25, -0.2) is 0 Å². The second-order valence-electron chi connectivity index (χ2n) is 7.10. The van der Waals surface area contributed by atoms with Crippen LogP contribution >= 0.6 is 0 Å². The number of para-hydroxylation sites is 2. The molecule has 1 aliphatic heterocycles. The Morgan fingerprint density at radius 2 is 1.93 bits per heavy atom. The van der Waals surface area contributed by atoms with Gasteiger partial charge in [0.2, 0.25) is 0 Å². The van der Waals surface area contributed by atoms with Gasteiger partial charge in [0.1, 0.15) is 5.75 Å². The fraction of sp³-hybridized carbons (Fsp3) is 0.391. The minimum Gasteiger partial charge on any atom is -0.481 e. The van der Waals surface area contributed by atoms with Crippen molar-refractivity contribution in [3.05, 3.63) is 59.7 Å². The first-order valence-corrected chi connectivity index (χ1v) is 10.1. The predicted molar refractivity (Wildman–Crippen MR) is 112 cm³/mol. The number of hydrogen-bond acceptors (Lipinski definition) is 4. The SMILES string of the molecule is CCc1ccccc1O[C@@H](C)C(=O)Nc1ccccc1C(=O)NC[C@@H]1CCCO1. The van der Waals surface area contributed by atoms with E-state index in [2.05, 4.69) is 10.6 Å². The van der Waals surface area contributed by atoms with Crippen LogP contribution in [0.25, 0.3) is 0 Å². The maximum atomic E-state index is 12.7. The van der Waals surface area contributed by atoms with Gasteiger partial charge in [-0.3, -0.25) is 9.59 Å². The molecule has 0 radical (unpaired) electrons. The summed E-state index contributed by atoms with van der Waals surface area (Å²) in [6.45, 7) is 4.95. The molecule has 1 heterocycles. The summed E-state index contributed by atoms with van der Waals surface area (Å²) in [5.74, 6) is 0.150. The molecule has 0 saturated carbocycles. The van der Waals surface area contributed by atoms with Crippen molar-refractivity contribution >= 4 is 17.5 Å². The van der Waals surface area contributed by atoms with Crippen LogP contribution in [-0.4, -0.2) is 37.2 Å². The molecule has 0 aromatic heterocycles. The second kappa shape index (κ2) is 10.1. The van der Waals surface area contributed by atoms with Crippen molar-refractivity contribution in [2.45, 2.75) is 45.3 Å². The van der Waals surface area contributed by atoms with Gasteiger partial charge in [-0.2, -0.15) is 0 Å². The van der Waals surface area contributed by atoms with Gasteiger partial charge in [0.05, 0.1) is 17.4 Å². The molecule has 6 heteroatoms. The molecule has 6 nitrogen and oxygen atoms in total. The molecule has 1 aliphatic rings. The van der Waals surface area contributed by atoms with Crippen molar-refractivity contribution in [3.8, 4) is 5.75 Å². The normalized spacial score (nSPS) is 16.8. The number of benzene rings is 2. The molecule has 2 amide bonds. The third-order valence-electron chi connectivity index (χ3n) is 4.97. The molecular formula is C23H28N2O4. The molecular weight excluding hydrogens is 368 g/mol. The number of carbonyl (C=O) groups is 2. The molecule has 1 fully saturated rings. The zero-order valence-corrected chi connectivity index (χ0v) is 16.9. The summed E-state index contributed by atoms with van der Waals surface area (Å²) in [4.78, 5) is 25.3. The van der Waals surface area contributed by atoms with E-state index in [1.54, 1.807) is 31.2 Å². The highest BCUT2D eigenvalue weighted by atomic mass is 16.5. The van der Waals surface area contributed by atoms with Gasteiger partial charge in [-0.05, 0) is 49.9 Å². The number of hydrogen-bond donors (Lipinski definition) is 2. The largest absolute Gasteiger partial charge is 0.481 e. The van der Waals surface area contributed by atoms with Gasteiger partial charge in [0, 0.05) is 13.2 Å². The van der Waals surface area contributed by atoms with Gasteiger partial charge >= 0.3 is 0 Å². The Hall–Kier alpha value is -2.86. The van der Waals surface area contributed by atoms with Crippen LogP contribution in [0.1, 0.15) is 42.6 Å². The Balaban J connectivity index is 1.63. The molecule has 0 unspecified atom stereocenters. The highest BCUT2D eigenvalue weighted by Gasteiger charge is 2.21.